The molecule has 59 nitrogen and oxygen atoms in total. The van der Waals surface area contributed by atoms with Gasteiger partial charge in [0.15, 0.2) is 53.6 Å². The first kappa shape index (κ1) is 127. The molecule has 0 aromatic rings. The third kappa shape index (κ3) is 98.2. The zero-order valence-electron chi connectivity index (χ0n) is 69.5. The minimum atomic E-state index is -1.00. The van der Waals surface area contributed by atoms with Crippen molar-refractivity contribution in [1.29, 1.82) is 0 Å². The lowest BCUT2D eigenvalue weighted by Crippen LogP contribution is -2.36. The van der Waals surface area contributed by atoms with Crippen molar-refractivity contribution >= 4 is 131 Å². The third-order valence-corrected chi connectivity index (χ3v) is 16.1. The molecule has 0 saturated carbocycles. The largest absolute Gasteiger partial charge is 0.481 e. The molecule has 2 rings (SSSR count). The second-order valence-corrected chi connectivity index (χ2v) is 27.1. The predicted molar refractivity (Wildman–Crippen MR) is 471 cm³/mol. The first-order valence-corrected chi connectivity index (χ1v) is 38.8. The van der Waals surface area contributed by atoms with E-state index in [9.17, 15) is 52.7 Å². The summed E-state index contributed by atoms with van der Waals surface area (Å²) in [6.07, 6.45) is 11.5. The zero-order valence-corrected chi connectivity index (χ0v) is 70.4. The highest BCUT2D eigenvalue weighted by atomic mass is 32.2. The van der Waals surface area contributed by atoms with Crippen molar-refractivity contribution in [2.75, 3.05) is 64.7 Å². The quantitative estimate of drug-likeness (QED) is 0.0116. The van der Waals surface area contributed by atoms with Crippen molar-refractivity contribution in [2.45, 2.75) is 213 Å². The number of aliphatic imine (C=N–C) groups is 9. The monoisotopic (exact) mass is 1810 g/mol. The fraction of sp³-hybridized carbons (Fsp3) is 0.688. The van der Waals surface area contributed by atoms with E-state index in [1.54, 1.807) is 0 Å². The lowest BCUT2D eigenvalue weighted by atomic mass is 10.0. The van der Waals surface area contributed by atoms with Crippen LogP contribution in [0.25, 0.3) is 0 Å². The van der Waals surface area contributed by atoms with E-state index in [1.165, 1.54) is 0 Å². The van der Waals surface area contributed by atoms with E-state index in [-0.39, 0.29) is 78.2 Å². The minimum absolute atomic E-state index is 0.0129. The van der Waals surface area contributed by atoms with Crippen molar-refractivity contribution in [3.05, 3.63) is 0 Å². The molecule has 0 aromatic heterocycles. The van der Waals surface area contributed by atoms with E-state index in [0.717, 1.165) is 25.0 Å². The highest BCUT2D eigenvalue weighted by molar-refractivity contribution is 8.00. The van der Waals surface area contributed by atoms with Crippen molar-refractivity contribution in [3.63, 3.8) is 0 Å². The van der Waals surface area contributed by atoms with Crippen LogP contribution in [0.3, 0.4) is 0 Å². The molecule has 0 radical (unpaired) electrons. The van der Waals surface area contributed by atoms with Crippen LogP contribution in [0.5, 0.6) is 0 Å². The lowest BCUT2D eigenvalue weighted by Gasteiger charge is -2.16. The normalized spacial score (nSPS) is 14.7. The lowest BCUT2D eigenvalue weighted by molar-refractivity contribution is -0.139. The fourth-order valence-electron chi connectivity index (χ4n) is 8.05. The number of nitrogens with zero attached hydrogens (tertiary/aromatic N) is 9. The number of nitrogens with one attached hydrogen (secondary N) is 2. The third-order valence-electron chi connectivity index (χ3n) is 14.6. The SMILES string of the molecule is NC(N)=NCCC[C@H](N)C(=O)O.NC(N)=NCCC[C@H](N)C(=O)O.NC(N)=NCCC[C@H](N)C(=O)O.NC(N)=NCCC[C@H](N)C(=O)O.NC(N)=NCCC[C@H](N)C(=O)O.NC(N)=NCCC[C@H](N)C(=O)O.NC(N)=NCCC[C@H](N)C(=O)O.NC(N)=NCCC[C@H](N)C(=O)O.NC(N)=NCCC[C@H](N)C(=O)O.O=C(O)CCCC[C@@H]1SC[C@@H]2NC(=O)N[C@@H]21. The Morgan fingerprint density at radius 1 is 0.274 bits per heavy atom. The van der Waals surface area contributed by atoms with Gasteiger partial charge < -0.3 is 217 Å². The number of fused-ring (bicyclic) bond motifs is 1. The Morgan fingerprint density at radius 3 is 0.573 bits per heavy atom. The first-order valence-electron chi connectivity index (χ1n) is 37.7. The van der Waals surface area contributed by atoms with Crippen LogP contribution in [0, 0.1) is 0 Å². The van der Waals surface area contributed by atoms with Crippen molar-refractivity contribution in [2.24, 2.45) is 200 Å². The van der Waals surface area contributed by atoms with E-state index in [1.807, 2.05) is 11.8 Å². The van der Waals surface area contributed by atoms with Crippen LogP contribution in [0.2, 0.25) is 0 Å². The van der Waals surface area contributed by atoms with E-state index in [2.05, 4.69) is 55.6 Å². The van der Waals surface area contributed by atoms with Crippen LogP contribution in [-0.4, -0.2) is 307 Å². The van der Waals surface area contributed by atoms with Crippen LogP contribution in [0.15, 0.2) is 44.9 Å². The molecule has 124 heavy (non-hydrogen) atoms. The minimum Gasteiger partial charge on any atom is -0.481 e. The molecule has 0 aromatic carbocycles. The van der Waals surface area contributed by atoms with E-state index >= 15 is 0 Å². The van der Waals surface area contributed by atoms with Gasteiger partial charge >= 0.3 is 65.7 Å². The molecule has 0 unspecified atom stereocenters. The molecule has 0 bridgehead atoms. The molecule has 2 saturated heterocycles. The second-order valence-electron chi connectivity index (χ2n) is 25.8. The van der Waals surface area contributed by atoms with E-state index < -0.39 is 114 Å². The van der Waals surface area contributed by atoms with Gasteiger partial charge in [-0.05, 0) is 128 Å². The van der Waals surface area contributed by atoms with Crippen LogP contribution in [0.1, 0.15) is 141 Å². The highest BCUT2D eigenvalue weighted by Crippen LogP contribution is 2.33. The summed E-state index contributed by atoms with van der Waals surface area (Å²) in [6.45, 7) is 3.78. The van der Waals surface area contributed by atoms with Gasteiger partial charge in [0.1, 0.15) is 54.4 Å². The van der Waals surface area contributed by atoms with Crippen molar-refractivity contribution in [3.8, 4) is 0 Å². The number of thioether (sulfide) groups is 1. The summed E-state index contributed by atoms with van der Waals surface area (Å²) in [7, 11) is 0. The molecule has 0 aliphatic carbocycles. The summed E-state index contributed by atoms with van der Waals surface area (Å²) in [5.41, 5.74) is 138. The Morgan fingerprint density at radius 2 is 0.435 bits per heavy atom. The van der Waals surface area contributed by atoms with Gasteiger partial charge in [0.05, 0.1) is 12.1 Å². The molecule has 60 heteroatoms. The number of hydrogen-bond acceptors (Lipinski definition) is 30. The molecule has 720 valence electrons. The maximum absolute atomic E-state index is 11.1. The number of rotatable bonds is 50. The molecule has 12 atom stereocenters. The summed E-state index contributed by atoms with van der Waals surface area (Å²) in [5.74, 6) is -8.65. The predicted octanol–water partition coefficient (Wildman–Crippen LogP) is -13.1. The van der Waals surface area contributed by atoms with Crippen LogP contribution in [-0.2, 0) is 47.9 Å². The Balaban J connectivity index is -0.000000201. The molecular weight excluding hydrogens is 1670 g/mol. The Labute approximate surface area is 720 Å². The number of guanidine groups is 9. The van der Waals surface area contributed by atoms with Crippen LogP contribution < -0.4 is 165 Å². The molecule has 0 spiro atoms. The molecule has 2 aliphatic heterocycles. The molecule has 2 amide bonds. The van der Waals surface area contributed by atoms with Gasteiger partial charge in [-0.3, -0.25) is 92.9 Å². The molecular formula is C64H142N38O21S. The van der Waals surface area contributed by atoms with Crippen molar-refractivity contribution < 1.29 is 104 Å². The topological polar surface area (TPSA) is 1230 Å². The summed E-state index contributed by atoms with van der Waals surface area (Å²) >= 11 is 1.87. The summed E-state index contributed by atoms with van der Waals surface area (Å²) in [5, 5.41) is 90.2. The molecule has 2 heterocycles. The number of unbranched alkanes of at least 4 members (excludes halogenated alkanes) is 1. The second kappa shape index (κ2) is 81.4. The van der Waals surface area contributed by atoms with Crippen molar-refractivity contribution in [1.82, 2.24) is 10.6 Å². The van der Waals surface area contributed by atoms with E-state index in [4.69, 9.17) is 206 Å². The summed E-state index contributed by atoms with van der Waals surface area (Å²) < 4.78 is 0. The van der Waals surface area contributed by atoms with E-state index in [0.29, 0.717) is 180 Å². The van der Waals surface area contributed by atoms with Gasteiger partial charge in [0, 0.05) is 76.3 Å². The maximum Gasteiger partial charge on any atom is 0.320 e. The van der Waals surface area contributed by atoms with Gasteiger partial charge in [-0.2, -0.15) is 11.8 Å². The zero-order chi connectivity index (χ0) is 97.6. The maximum atomic E-state index is 11.1. The van der Waals surface area contributed by atoms with Gasteiger partial charge in [0.2, 0.25) is 0 Å². The summed E-state index contributed by atoms with van der Waals surface area (Å²) in [4.78, 5) is 147. The average molecular weight is 1810 g/mol. The van der Waals surface area contributed by atoms with Gasteiger partial charge in [-0.15, -0.1) is 0 Å². The number of amides is 2. The molecule has 2 fully saturated rings. The number of carbonyl (C=O) groups is 11. The number of aliphatic carboxylic acids is 10. The highest BCUT2D eigenvalue weighted by Gasteiger charge is 2.42. The molecule has 66 N–H and O–H groups in total. The number of carbonyl (C=O) groups excluding carboxylic acids is 1. The number of nitrogens with two attached hydrogens (primary N) is 27. The Kier molecular flexibility index (Phi) is 83.4. The Bertz CT molecular complexity index is 2700. The number of urea groups is 1. The smallest absolute Gasteiger partial charge is 0.320 e. The van der Waals surface area contributed by atoms with Gasteiger partial charge in [-0.25, -0.2) is 4.79 Å². The Hall–Kier alpha value is -12.6. The van der Waals surface area contributed by atoms with Gasteiger partial charge in [0.25, 0.3) is 0 Å². The average Bonchev–Trinajstić information content (AvgIpc) is 1.67. The van der Waals surface area contributed by atoms with Crippen LogP contribution >= 0.6 is 11.8 Å². The van der Waals surface area contributed by atoms with Gasteiger partial charge in [-0.1, -0.05) is 6.42 Å². The number of carboxylic acids is 10. The first-order chi connectivity index (χ1) is 57.5. The number of hydrogen-bond donors (Lipinski definition) is 39. The van der Waals surface area contributed by atoms with Crippen LogP contribution in [0.4, 0.5) is 4.79 Å². The fourth-order valence-corrected chi connectivity index (χ4v) is 9.59. The standard InChI is InChI=1S/C10H16N2O3S.9C6H14N4O2/c13-8(14)4-2-1-3-7-9-6(5-16-7)11-10(15)12-9;9*7-4(5(11)12)2-1-3-10-6(8)9/h6-7,9H,1-5H2,(H,13,14)(H2,11,12,15);9*4H,1-3,7H2,(H,11,12)(H4,8,9,10)/t6-,7-,9-;9*4-/m0000000000/s1. The summed E-state index contributed by atoms with van der Waals surface area (Å²) in [6, 6.07) is -6.94. The number of carboxylic acid groups (broad SMARTS) is 10. The molecule has 2 aliphatic rings.